The first-order valence-corrected chi connectivity index (χ1v) is 8.26. The molecular formula is C19H21N3O2. The Bertz CT molecular complexity index is 680. The van der Waals surface area contributed by atoms with Gasteiger partial charge in [0, 0.05) is 25.3 Å². The molecule has 1 aromatic carbocycles. The molecule has 2 amide bonds. The first-order valence-electron chi connectivity index (χ1n) is 8.26. The Morgan fingerprint density at radius 2 is 1.75 bits per heavy atom. The predicted octanol–water partition coefficient (Wildman–Crippen LogP) is 2.05. The van der Waals surface area contributed by atoms with Gasteiger partial charge < -0.3 is 10.2 Å². The van der Waals surface area contributed by atoms with Crippen LogP contribution < -0.4 is 5.32 Å². The van der Waals surface area contributed by atoms with E-state index in [9.17, 15) is 9.59 Å². The Morgan fingerprint density at radius 1 is 1.04 bits per heavy atom. The largest absolute Gasteiger partial charge is 0.353 e. The van der Waals surface area contributed by atoms with Gasteiger partial charge >= 0.3 is 0 Å². The molecule has 1 aliphatic heterocycles. The van der Waals surface area contributed by atoms with E-state index in [1.165, 1.54) is 0 Å². The van der Waals surface area contributed by atoms with Gasteiger partial charge in [0.05, 0.1) is 6.42 Å². The summed E-state index contributed by atoms with van der Waals surface area (Å²) in [7, 11) is 0. The van der Waals surface area contributed by atoms with Crippen LogP contribution in [0.4, 0.5) is 0 Å². The lowest BCUT2D eigenvalue weighted by atomic mass is 10.0. The summed E-state index contributed by atoms with van der Waals surface area (Å²) >= 11 is 0. The van der Waals surface area contributed by atoms with E-state index in [1.807, 2.05) is 41.3 Å². The number of hydrogen-bond acceptors (Lipinski definition) is 3. The van der Waals surface area contributed by atoms with Crippen LogP contribution in [0.1, 0.15) is 28.9 Å². The Labute approximate surface area is 141 Å². The van der Waals surface area contributed by atoms with Crippen LogP contribution in [0.15, 0.2) is 54.7 Å². The fourth-order valence-electron chi connectivity index (χ4n) is 2.94. The summed E-state index contributed by atoms with van der Waals surface area (Å²) in [5.41, 5.74) is 1.49. The highest BCUT2D eigenvalue weighted by molar-refractivity contribution is 5.92. The zero-order valence-electron chi connectivity index (χ0n) is 13.5. The van der Waals surface area contributed by atoms with E-state index in [4.69, 9.17) is 0 Å². The van der Waals surface area contributed by atoms with Crippen molar-refractivity contribution < 1.29 is 9.59 Å². The summed E-state index contributed by atoms with van der Waals surface area (Å²) in [6, 6.07) is 15.2. The van der Waals surface area contributed by atoms with Crippen molar-refractivity contribution in [3.05, 3.63) is 66.0 Å². The average molecular weight is 323 g/mol. The molecule has 5 nitrogen and oxygen atoms in total. The Kier molecular flexibility index (Phi) is 5.21. The first-order chi connectivity index (χ1) is 11.7. The number of pyridine rings is 1. The highest BCUT2D eigenvalue weighted by Crippen LogP contribution is 2.13. The summed E-state index contributed by atoms with van der Waals surface area (Å²) < 4.78 is 0. The maximum absolute atomic E-state index is 12.3. The van der Waals surface area contributed by atoms with Gasteiger partial charge in [-0.3, -0.25) is 14.6 Å². The molecule has 0 unspecified atom stereocenters. The number of carbonyl (C=O) groups is 2. The fourth-order valence-corrected chi connectivity index (χ4v) is 2.94. The van der Waals surface area contributed by atoms with Gasteiger partial charge in [0.2, 0.25) is 5.91 Å². The number of hydrogen-bond donors (Lipinski definition) is 1. The summed E-state index contributed by atoms with van der Waals surface area (Å²) in [4.78, 5) is 30.4. The van der Waals surface area contributed by atoms with Gasteiger partial charge in [-0.2, -0.15) is 0 Å². The molecule has 0 spiro atoms. The summed E-state index contributed by atoms with van der Waals surface area (Å²) in [6.07, 6.45) is 3.58. The monoisotopic (exact) mass is 323 g/mol. The van der Waals surface area contributed by atoms with Gasteiger partial charge in [-0.05, 0) is 30.5 Å². The van der Waals surface area contributed by atoms with Crippen molar-refractivity contribution in [2.24, 2.45) is 0 Å². The number of benzene rings is 1. The molecule has 1 aliphatic rings. The van der Waals surface area contributed by atoms with E-state index >= 15 is 0 Å². The molecule has 1 N–H and O–H groups in total. The standard InChI is InChI=1S/C19H21N3O2/c23-18(14-15-6-2-1-3-7-15)21-16-9-12-22(13-10-16)19(24)17-8-4-5-11-20-17/h1-8,11,16H,9-10,12-14H2,(H,21,23). The normalized spacial score (nSPS) is 15.1. The second kappa shape index (κ2) is 7.73. The van der Waals surface area contributed by atoms with Gasteiger partial charge in [0.25, 0.3) is 5.91 Å². The molecule has 0 saturated carbocycles. The second-order valence-corrected chi connectivity index (χ2v) is 6.01. The van der Waals surface area contributed by atoms with Crippen molar-refractivity contribution in [3.63, 3.8) is 0 Å². The van der Waals surface area contributed by atoms with Gasteiger partial charge in [0.1, 0.15) is 5.69 Å². The van der Waals surface area contributed by atoms with Crippen molar-refractivity contribution in [1.29, 1.82) is 0 Å². The average Bonchev–Trinajstić information content (AvgIpc) is 2.63. The number of rotatable bonds is 4. The topological polar surface area (TPSA) is 62.3 Å². The maximum Gasteiger partial charge on any atom is 0.272 e. The van der Waals surface area contributed by atoms with Crippen LogP contribution in [0.2, 0.25) is 0 Å². The molecule has 3 rings (SSSR count). The number of carbonyl (C=O) groups excluding carboxylic acids is 2. The highest BCUT2D eigenvalue weighted by Gasteiger charge is 2.25. The molecule has 1 aromatic heterocycles. The Morgan fingerprint density at radius 3 is 2.42 bits per heavy atom. The smallest absolute Gasteiger partial charge is 0.272 e. The van der Waals surface area contributed by atoms with Crippen molar-refractivity contribution in [1.82, 2.24) is 15.2 Å². The zero-order chi connectivity index (χ0) is 16.8. The highest BCUT2D eigenvalue weighted by atomic mass is 16.2. The molecule has 0 atom stereocenters. The molecule has 0 bridgehead atoms. The number of piperidine rings is 1. The summed E-state index contributed by atoms with van der Waals surface area (Å²) in [5.74, 6) is 0.000338. The summed E-state index contributed by atoms with van der Waals surface area (Å²) in [5, 5.41) is 3.07. The van der Waals surface area contributed by atoms with Crippen LogP contribution in [-0.2, 0) is 11.2 Å². The first kappa shape index (κ1) is 16.2. The second-order valence-electron chi connectivity index (χ2n) is 6.01. The lowest BCUT2D eigenvalue weighted by Gasteiger charge is -2.32. The minimum absolute atomic E-state index is 0.0373. The molecule has 5 heteroatoms. The lowest BCUT2D eigenvalue weighted by molar-refractivity contribution is -0.121. The Balaban J connectivity index is 1.47. The van der Waals surface area contributed by atoms with Gasteiger partial charge in [-0.1, -0.05) is 36.4 Å². The third kappa shape index (κ3) is 4.19. The molecular weight excluding hydrogens is 302 g/mol. The van der Waals surface area contributed by atoms with Crippen LogP contribution in [0, 0.1) is 0 Å². The molecule has 0 aliphatic carbocycles. The Hall–Kier alpha value is -2.69. The SMILES string of the molecule is O=C(Cc1ccccc1)NC1CCN(C(=O)c2ccccn2)CC1. The zero-order valence-corrected chi connectivity index (χ0v) is 13.5. The minimum atomic E-state index is -0.0373. The molecule has 2 heterocycles. The molecule has 2 aromatic rings. The molecule has 1 fully saturated rings. The van der Waals surface area contributed by atoms with E-state index in [0.717, 1.165) is 18.4 Å². The third-order valence-corrected chi connectivity index (χ3v) is 4.24. The number of nitrogens with zero attached hydrogens (tertiary/aromatic N) is 2. The lowest BCUT2D eigenvalue weighted by Crippen LogP contribution is -2.47. The van der Waals surface area contributed by atoms with Crippen LogP contribution >= 0.6 is 0 Å². The number of amides is 2. The van der Waals surface area contributed by atoms with Crippen LogP contribution in [-0.4, -0.2) is 40.8 Å². The van der Waals surface area contributed by atoms with Crippen molar-refractivity contribution in [2.45, 2.75) is 25.3 Å². The van der Waals surface area contributed by atoms with E-state index in [0.29, 0.717) is 25.2 Å². The minimum Gasteiger partial charge on any atom is -0.353 e. The van der Waals surface area contributed by atoms with E-state index in [2.05, 4.69) is 10.3 Å². The number of nitrogens with one attached hydrogen (secondary N) is 1. The quantitative estimate of drug-likeness (QED) is 0.936. The molecule has 124 valence electrons. The van der Waals surface area contributed by atoms with Crippen LogP contribution in [0.3, 0.4) is 0 Å². The number of aromatic nitrogens is 1. The van der Waals surface area contributed by atoms with E-state index < -0.39 is 0 Å². The van der Waals surface area contributed by atoms with E-state index in [-0.39, 0.29) is 17.9 Å². The summed E-state index contributed by atoms with van der Waals surface area (Å²) in [6.45, 7) is 1.29. The van der Waals surface area contributed by atoms with E-state index in [1.54, 1.807) is 18.3 Å². The van der Waals surface area contributed by atoms with Gasteiger partial charge in [-0.15, -0.1) is 0 Å². The third-order valence-electron chi connectivity index (χ3n) is 4.24. The van der Waals surface area contributed by atoms with Crippen molar-refractivity contribution in [2.75, 3.05) is 13.1 Å². The fraction of sp³-hybridized carbons (Fsp3) is 0.316. The van der Waals surface area contributed by atoms with Crippen molar-refractivity contribution in [3.8, 4) is 0 Å². The number of likely N-dealkylation sites (tertiary alicyclic amines) is 1. The van der Waals surface area contributed by atoms with Crippen molar-refractivity contribution >= 4 is 11.8 Å². The maximum atomic E-state index is 12.3. The van der Waals surface area contributed by atoms with Crippen LogP contribution in [0.5, 0.6) is 0 Å². The molecule has 24 heavy (non-hydrogen) atoms. The van der Waals surface area contributed by atoms with Gasteiger partial charge in [-0.25, -0.2) is 0 Å². The predicted molar refractivity (Wildman–Crippen MR) is 91.5 cm³/mol. The van der Waals surface area contributed by atoms with Crippen LogP contribution in [0.25, 0.3) is 0 Å². The molecule has 0 radical (unpaired) electrons. The van der Waals surface area contributed by atoms with Gasteiger partial charge in [0.15, 0.2) is 0 Å². The molecule has 1 saturated heterocycles.